The van der Waals surface area contributed by atoms with E-state index in [4.69, 9.17) is 4.74 Å². The van der Waals surface area contributed by atoms with Crippen LogP contribution in [0.5, 0.6) is 0 Å². The number of nitrogens with one attached hydrogen (secondary N) is 1. The van der Waals surface area contributed by atoms with Crippen LogP contribution in [0, 0.1) is 0 Å². The van der Waals surface area contributed by atoms with Crippen LogP contribution in [-0.4, -0.2) is 43.5 Å². The van der Waals surface area contributed by atoms with Crippen molar-refractivity contribution in [2.24, 2.45) is 0 Å². The maximum absolute atomic E-state index is 13.4. The fourth-order valence-electron chi connectivity index (χ4n) is 2.85. The summed E-state index contributed by atoms with van der Waals surface area (Å²) >= 11 is 2.80. The van der Waals surface area contributed by atoms with Crippen LogP contribution in [0.1, 0.15) is 39.2 Å². The standard InChI is InChI=1S/C17H22BrF3N2O4S/c1-16(2,3)27-15(24)22-11-7-9-23(10-8-11)28(25,26)13-6-4-5-12(18)14(13)17(19,20)21/h4-6,11H,7-10H2,1-3H3,(H,22,24). The van der Waals surface area contributed by atoms with E-state index in [-0.39, 0.29) is 36.4 Å². The minimum atomic E-state index is -4.82. The summed E-state index contributed by atoms with van der Waals surface area (Å²) in [5.41, 5.74) is -1.88. The molecule has 1 fully saturated rings. The number of sulfonamides is 1. The number of benzene rings is 1. The molecule has 28 heavy (non-hydrogen) atoms. The second kappa shape index (κ2) is 8.19. The molecule has 0 aromatic heterocycles. The molecule has 0 aliphatic carbocycles. The Labute approximate surface area is 170 Å². The topological polar surface area (TPSA) is 75.7 Å². The Morgan fingerprint density at radius 3 is 2.29 bits per heavy atom. The first-order valence-electron chi connectivity index (χ1n) is 8.57. The lowest BCUT2D eigenvalue weighted by Crippen LogP contribution is -2.47. The van der Waals surface area contributed by atoms with Crippen LogP contribution in [0.4, 0.5) is 18.0 Å². The highest BCUT2D eigenvalue weighted by atomic mass is 79.9. The van der Waals surface area contributed by atoms with Gasteiger partial charge in [-0.3, -0.25) is 0 Å². The van der Waals surface area contributed by atoms with Gasteiger partial charge in [0.1, 0.15) is 5.60 Å². The van der Waals surface area contributed by atoms with Crippen molar-refractivity contribution in [3.8, 4) is 0 Å². The van der Waals surface area contributed by atoms with Crippen molar-refractivity contribution in [2.75, 3.05) is 13.1 Å². The number of amides is 1. The predicted octanol–water partition coefficient (Wildman–Crippen LogP) is 4.15. The first-order chi connectivity index (χ1) is 12.7. The van der Waals surface area contributed by atoms with Crippen LogP contribution >= 0.6 is 15.9 Å². The van der Waals surface area contributed by atoms with Crippen LogP contribution in [0.15, 0.2) is 27.6 Å². The van der Waals surface area contributed by atoms with Gasteiger partial charge in [-0.2, -0.15) is 17.5 Å². The van der Waals surface area contributed by atoms with Crippen molar-refractivity contribution in [1.29, 1.82) is 0 Å². The van der Waals surface area contributed by atoms with Gasteiger partial charge in [-0.1, -0.05) is 22.0 Å². The van der Waals surface area contributed by atoms with Crippen LogP contribution in [0.25, 0.3) is 0 Å². The second-order valence-corrected chi connectivity index (χ2v) is 10.2. The summed E-state index contributed by atoms with van der Waals surface area (Å²) in [6.07, 6.45) is -4.89. The summed E-state index contributed by atoms with van der Waals surface area (Å²) in [5, 5.41) is 2.66. The Hall–Kier alpha value is -1.33. The number of nitrogens with zero attached hydrogens (tertiary/aromatic N) is 1. The molecule has 0 atom stereocenters. The highest BCUT2D eigenvalue weighted by Gasteiger charge is 2.41. The van der Waals surface area contributed by atoms with Crippen molar-refractivity contribution in [3.63, 3.8) is 0 Å². The van der Waals surface area contributed by atoms with Gasteiger partial charge in [0, 0.05) is 23.6 Å². The maximum atomic E-state index is 13.4. The molecule has 0 radical (unpaired) electrons. The lowest BCUT2D eigenvalue weighted by atomic mass is 10.1. The third-order valence-corrected chi connectivity index (χ3v) is 6.65. The van der Waals surface area contributed by atoms with Gasteiger partial charge in [-0.15, -0.1) is 0 Å². The zero-order valence-corrected chi connectivity index (χ0v) is 18.0. The predicted molar refractivity (Wildman–Crippen MR) is 100 cm³/mol. The molecule has 1 aromatic rings. The van der Waals surface area contributed by atoms with Gasteiger partial charge in [0.15, 0.2) is 0 Å². The van der Waals surface area contributed by atoms with Gasteiger partial charge < -0.3 is 10.1 Å². The van der Waals surface area contributed by atoms with E-state index in [1.807, 2.05) is 0 Å². The number of rotatable bonds is 3. The number of halogens is 4. The highest BCUT2D eigenvalue weighted by Crippen LogP contribution is 2.40. The van der Waals surface area contributed by atoms with Gasteiger partial charge in [0.2, 0.25) is 10.0 Å². The van der Waals surface area contributed by atoms with Crippen LogP contribution in [0.2, 0.25) is 0 Å². The molecule has 0 saturated carbocycles. The minimum absolute atomic E-state index is 0.00733. The van der Waals surface area contributed by atoms with Crippen LogP contribution < -0.4 is 5.32 Å². The number of piperidine rings is 1. The molecular weight excluding hydrogens is 465 g/mol. The highest BCUT2D eigenvalue weighted by molar-refractivity contribution is 9.10. The lowest BCUT2D eigenvalue weighted by molar-refractivity contribution is -0.140. The molecule has 158 valence electrons. The molecule has 1 aromatic carbocycles. The number of hydrogen-bond donors (Lipinski definition) is 1. The zero-order valence-electron chi connectivity index (χ0n) is 15.6. The van der Waals surface area contributed by atoms with Crippen molar-refractivity contribution in [1.82, 2.24) is 9.62 Å². The molecule has 2 rings (SSSR count). The minimum Gasteiger partial charge on any atom is -0.444 e. The summed E-state index contributed by atoms with van der Waals surface area (Å²) in [7, 11) is -4.34. The number of carbonyl (C=O) groups is 1. The molecule has 1 heterocycles. The Morgan fingerprint density at radius 2 is 1.79 bits per heavy atom. The fraction of sp³-hybridized carbons (Fsp3) is 0.588. The molecule has 1 saturated heterocycles. The van der Waals surface area contributed by atoms with Crippen molar-refractivity contribution >= 4 is 32.0 Å². The Bertz CT molecular complexity index is 830. The zero-order chi connectivity index (χ0) is 21.3. The SMILES string of the molecule is CC(C)(C)OC(=O)NC1CCN(S(=O)(=O)c2cccc(Br)c2C(F)(F)F)CC1. The smallest absolute Gasteiger partial charge is 0.418 e. The first-order valence-corrected chi connectivity index (χ1v) is 10.8. The first kappa shape index (κ1) is 23.0. The van der Waals surface area contributed by atoms with E-state index in [1.54, 1.807) is 20.8 Å². The second-order valence-electron chi connectivity index (χ2n) is 7.44. The van der Waals surface area contributed by atoms with Crippen LogP contribution in [0.3, 0.4) is 0 Å². The van der Waals surface area contributed by atoms with Gasteiger partial charge in [-0.05, 0) is 45.7 Å². The van der Waals surface area contributed by atoms with E-state index in [0.29, 0.717) is 0 Å². The van der Waals surface area contributed by atoms with Gasteiger partial charge in [0.25, 0.3) is 0 Å². The lowest BCUT2D eigenvalue weighted by Gasteiger charge is -2.32. The summed E-state index contributed by atoms with van der Waals surface area (Å²) in [6.45, 7) is 5.15. The summed E-state index contributed by atoms with van der Waals surface area (Å²) in [4.78, 5) is 11.0. The van der Waals surface area contributed by atoms with E-state index in [2.05, 4.69) is 21.2 Å². The molecule has 11 heteroatoms. The average Bonchev–Trinajstić information content (AvgIpc) is 2.52. The summed E-state index contributed by atoms with van der Waals surface area (Å²) in [6, 6.07) is 3.04. The van der Waals surface area contributed by atoms with E-state index < -0.39 is 38.4 Å². The van der Waals surface area contributed by atoms with E-state index in [9.17, 15) is 26.4 Å². The Morgan fingerprint density at radius 1 is 1.21 bits per heavy atom. The van der Waals surface area contributed by atoms with Gasteiger partial charge in [-0.25, -0.2) is 13.2 Å². The largest absolute Gasteiger partial charge is 0.444 e. The number of hydrogen-bond acceptors (Lipinski definition) is 4. The van der Waals surface area contributed by atoms with Crippen molar-refractivity contribution in [3.05, 3.63) is 28.2 Å². The van der Waals surface area contributed by atoms with Gasteiger partial charge in [0.05, 0.1) is 10.5 Å². The normalized spacial score (nSPS) is 17.4. The summed E-state index contributed by atoms with van der Waals surface area (Å²) in [5.74, 6) is 0. The molecule has 0 bridgehead atoms. The van der Waals surface area contributed by atoms with Gasteiger partial charge >= 0.3 is 12.3 Å². The molecule has 6 nitrogen and oxygen atoms in total. The Kier molecular flexibility index (Phi) is 6.72. The van der Waals surface area contributed by atoms with E-state index in [1.165, 1.54) is 6.07 Å². The number of alkyl halides is 3. The Balaban J connectivity index is 2.13. The van der Waals surface area contributed by atoms with Crippen molar-refractivity contribution < 1.29 is 31.1 Å². The number of carbonyl (C=O) groups excluding carboxylic acids is 1. The quantitative estimate of drug-likeness (QED) is 0.696. The molecule has 1 amide bonds. The molecule has 1 aliphatic rings. The van der Waals surface area contributed by atoms with E-state index in [0.717, 1.165) is 16.4 Å². The summed E-state index contributed by atoms with van der Waals surface area (Å²) < 4.78 is 71.6. The number of ether oxygens (including phenoxy) is 1. The van der Waals surface area contributed by atoms with E-state index >= 15 is 0 Å². The molecule has 1 N–H and O–H groups in total. The van der Waals surface area contributed by atoms with Crippen LogP contribution in [-0.2, 0) is 20.9 Å². The molecular formula is C17H22BrF3N2O4S. The monoisotopic (exact) mass is 486 g/mol. The third-order valence-electron chi connectivity index (χ3n) is 4.05. The average molecular weight is 487 g/mol. The number of alkyl carbamates (subject to hydrolysis) is 1. The maximum Gasteiger partial charge on any atom is 0.418 e. The third kappa shape index (κ3) is 5.60. The molecule has 0 spiro atoms. The molecule has 0 unspecified atom stereocenters. The fourth-order valence-corrected chi connectivity index (χ4v) is 5.27. The molecule has 1 aliphatic heterocycles. The van der Waals surface area contributed by atoms with Crippen molar-refractivity contribution in [2.45, 2.75) is 56.3 Å².